The van der Waals surface area contributed by atoms with Crippen molar-refractivity contribution in [1.29, 1.82) is 0 Å². The quantitative estimate of drug-likeness (QED) is 0.838. The normalized spacial score (nSPS) is 12.2. The van der Waals surface area contributed by atoms with E-state index in [4.69, 9.17) is 4.74 Å². The monoisotopic (exact) mass is 258 g/mol. The Bertz CT molecular complexity index is 313. The highest BCUT2D eigenvalue weighted by Crippen LogP contribution is 2.11. The highest BCUT2D eigenvalue weighted by atomic mass is 79.9. The Morgan fingerprint density at radius 3 is 2.79 bits per heavy atom. The van der Waals surface area contributed by atoms with Gasteiger partial charge < -0.3 is 10.1 Å². The summed E-state index contributed by atoms with van der Waals surface area (Å²) >= 11 is 3.27. The fourth-order valence-electron chi connectivity index (χ4n) is 0.922. The molecular weight excluding hydrogens is 248 g/mol. The molecular formula is C9H11BrN2O2. The number of rotatable bonds is 4. The van der Waals surface area contributed by atoms with E-state index in [2.05, 4.69) is 26.2 Å². The standard InChI is InChI=1S/C9H11BrN2O2/c1-6(13)9(14-2)12-8-4-3-7(10)5-11-8/h3-5,9H,1-2H3,(H,11,12). The van der Waals surface area contributed by atoms with Gasteiger partial charge in [0, 0.05) is 17.8 Å². The molecule has 0 aliphatic heterocycles. The number of carbonyl (C=O) groups excluding carboxylic acids is 1. The smallest absolute Gasteiger partial charge is 0.187 e. The second-order valence-electron chi connectivity index (χ2n) is 2.73. The Morgan fingerprint density at radius 1 is 1.64 bits per heavy atom. The zero-order valence-electron chi connectivity index (χ0n) is 7.95. The molecule has 14 heavy (non-hydrogen) atoms. The molecule has 1 N–H and O–H groups in total. The molecule has 0 aliphatic rings. The molecule has 0 spiro atoms. The van der Waals surface area contributed by atoms with Gasteiger partial charge in [-0.25, -0.2) is 4.98 Å². The predicted octanol–water partition coefficient (Wildman–Crippen LogP) is 1.82. The Balaban J connectivity index is 2.67. The van der Waals surface area contributed by atoms with Gasteiger partial charge >= 0.3 is 0 Å². The number of halogens is 1. The largest absolute Gasteiger partial charge is 0.354 e. The second kappa shape index (κ2) is 5.07. The average molecular weight is 259 g/mol. The molecule has 76 valence electrons. The number of ether oxygens (including phenoxy) is 1. The van der Waals surface area contributed by atoms with Gasteiger partial charge in [0.1, 0.15) is 5.82 Å². The minimum atomic E-state index is -0.635. The molecule has 0 aliphatic carbocycles. The summed E-state index contributed by atoms with van der Waals surface area (Å²) in [5.41, 5.74) is 0. The lowest BCUT2D eigenvalue weighted by atomic mass is 10.3. The maximum Gasteiger partial charge on any atom is 0.187 e. The third-order valence-electron chi connectivity index (χ3n) is 1.61. The molecule has 0 aromatic carbocycles. The van der Waals surface area contributed by atoms with E-state index < -0.39 is 6.23 Å². The van der Waals surface area contributed by atoms with Crippen LogP contribution in [0.2, 0.25) is 0 Å². The van der Waals surface area contributed by atoms with Crippen LogP contribution in [0.15, 0.2) is 22.8 Å². The lowest BCUT2D eigenvalue weighted by Crippen LogP contribution is -2.29. The van der Waals surface area contributed by atoms with E-state index in [9.17, 15) is 4.79 Å². The Morgan fingerprint density at radius 2 is 2.36 bits per heavy atom. The minimum absolute atomic E-state index is 0.0859. The van der Waals surface area contributed by atoms with Crippen LogP contribution in [0.4, 0.5) is 5.82 Å². The number of anilines is 1. The van der Waals surface area contributed by atoms with Gasteiger partial charge in [0.2, 0.25) is 0 Å². The van der Waals surface area contributed by atoms with Crippen molar-refractivity contribution >= 4 is 27.5 Å². The number of nitrogens with one attached hydrogen (secondary N) is 1. The average Bonchev–Trinajstić information content (AvgIpc) is 2.16. The second-order valence-corrected chi connectivity index (χ2v) is 3.65. The summed E-state index contributed by atoms with van der Waals surface area (Å²) in [6.07, 6.45) is 1.01. The van der Waals surface area contributed by atoms with Crippen LogP contribution in [0, 0.1) is 0 Å². The minimum Gasteiger partial charge on any atom is -0.354 e. The molecule has 0 radical (unpaired) electrons. The van der Waals surface area contributed by atoms with Crippen LogP contribution in [0.1, 0.15) is 6.92 Å². The number of aromatic nitrogens is 1. The van der Waals surface area contributed by atoms with Crippen LogP contribution in [-0.4, -0.2) is 24.1 Å². The third kappa shape index (κ3) is 3.08. The van der Waals surface area contributed by atoms with Crippen LogP contribution < -0.4 is 5.32 Å². The molecule has 1 heterocycles. The number of hydrogen-bond donors (Lipinski definition) is 1. The van der Waals surface area contributed by atoms with Gasteiger partial charge in [-0.3, -0.25) is 4.79 Å². The number of Topliss-reactive ketones (excluding diaryl/α,β-unsaturated/α-hetero) is 1. The van der Waals surface area contributed by atoms with Crippen molar-refractivity contribution in [3.05, 3.63) is 22.8 Å². The Kier molecular flexibility index (Phi) is 4.03. The van der Waals surface area contributed by atoms with E-state index in [1.54, 1.807) is 12.3 Å². The molecule has 1 aromatic rings. The maximum absolute atomic E-state index is 11.0. The van der Waals surface area contributed by atoms with Gasteiger partial charge in [-0.2, -0.15) is 0 Å². The topological polar surface area (TPSA) is 51.2 Å². The van der Waals surface area contributed by atoms with Crippen molar-refractivity contribution in [2.45, 2.75) is 13.2 Å². The van der Waals surface area contributed by atoms with Gasteiger partial charge in [-0.05, 0) is 35.0 Å². The van der Waals surface area contributed by atoms with Crippen LogP contribution in [0.25, 0.3) is 0 Å². The van der Waals surface area contributed by atoms with E-state index in [0.29, 0.717) is 5.82 Å². The summed E-state index contributed by atoms with van der Waals surface area (Å²) in [4.78, 5) is 15.1. The molecule has 0 amide bonds. The predicted molar refractivity (Wildman–Crippen MR) is 57.0 cm³/mol. The SMILES string of the molecule is COC(Nc1ccc(Br)cn1)C(C)=O. The van der Waals surface area contributed by atoms with E-state index >= 15 is 0 Å². The molecule has 0 fully saturated rings. The van der Waals surface area contributed by atoms with Crippen LogP contribution >= 0.6 is 15.9 Å². The van der Waals surface area contributed by atoms with E-state index in [-0.39, 0.29) is 5.78 Å². The molecule has 1 rings (SSSR count). The molecule has 0 bridgehead atoms. The zero-order chi connectivity index (χ0) is 10.6. The van der Waals surface area contributed by atoms with Gasteiger partial charge in [0.05, 0.1) is 0 Å². The van der Waals surface area contributed by atoms with Crippen molar-refractivity contribution in [1.82, 2.24) is 4.98 Å². The fourth-order valence-corrected chi connectivity index (χ4v) is 1.16. The molecule has 1 atom stereocenters. The summed E-state index contributed by atoms with van der Waals surface area (Å²) in [6.45, 7) is 1.46. The first-order valence-electron chi connectivity index (χ1n) is 4.05. The first-order valence-corrected chi connectivity index (χ1v) is 4.84. The van der Waals surface area contributed by atoms with E-state index in [0.717, 1.165) is 4.47 Å². The number of hydrogen-bond acceptors (Lipinski definition) is 4. The summed E-state index contributed by atoms with van der Waals surface area (Å²) in [7, 11) is 1.47. The lowest BCUT2D eigenvalue weighted by molar-refractivity contribution is -0.125. The zero-order valence-corrected chi connectivity index (χ0v) is 9.54. The molecule has 0 saturated carbocycles. The number of pyridine rings is 1. The highest BCUT2D eigenvalue weighted by Gasteiger charge is 2.12. The fraction of sp³-hybridized carbons (Fsp3) is 0.333. The van der Waals surface area contributed by atoms with Gasteiger partial charge in [-0.15, -0.1) is 0 Å². The van der Waals surface area contributed by atoms with E-state index in [1.165, 1.54) is 14.0 Å². The molecule has 5 heteroatoms. The van der Waals surface area contributed by atoms with Crippen molar-refractivity contribution < 1.29 is 9.53 Å². The Hall–Kier alpha value is -0.940. The van der Waals surface area contributed by atoms with Crippen LogP contribution in [0.5, 0.6) is 0 Å². The van der Waals surface area contributed by atoms with Gasteiger partial charge in [0.15, 0.2) is 12.0 Å². The van der Waals surface area contributed by atoms with Crippen molar-refractivity contribution in [2.75, 3.05) is 12.4 Å². The maximum atomic E-state index is 11.0. The summed E-state index contributed by atoms with van der Waals surface area (Å²) in [5, 5.41) is 2.85. The van der Waals surface area contributed by atoms with Crippen molar-refractivity contribution in [3.63, 3.8) is 0 Å². The van der Waals surface area contributed by atoms with Crippen molar-refractivity contribution in [3.8, 4) is 0 Å². The van der Waals surface area contributed by atoms with E-state index in [1.807, 2.05) is 6.07 Å². The summed E-state index contributed by atoms with van der Waals surface area (Å²) in [5.74, 6) is 0.521. The van der Waals surface area contributed by atoms with Gasteiger partial charge in [0.25, 0.3) is 0 Å². The third-order valence-corrected chi connectivity index (χ3v) is 2.08. The number of carbonyl (C=O) groups is 1. The molecule has 4 nitrogen and oxygen atoms in total. The lowest BCUT2D eigenvalue weighted by Gasteiger charge is -2.14. The highest BCUT2D eigenvalue weighted by molar-refractivity contribution is 9.10. The summed E-state index contributed by atoms with van der Waals surface area (Å²) < 4.78 is 5.82. The summed E-state index contributed by atoms with van der Waals surface area (Å²) in [6, 6.07) is 3.60. The Labute approximate surface area is 90.8 Å². The first-order chi connectivity index (χ1) is 6.63. The number of ketones is 1. The molecule has 1 unspecified atom stereocenters. The first kappa shape index (κ1) is 11.1. The number of nitrogens with zero attached hydrogens (tertiary/aromatic N) is 1. The number of methoxy groups -OCH3 is 1. The van der Waals surface area contributed by atoms with Crippen molar-refractivity contribution in [2.24, 2.45) is 0 Å². The van der Waals surface area contributed by atoms with Crippen LogP contribution in [0.3, 0.4) is 0 Å². The molecule has 1 aromatic heterocycles. The van der Waals surface area contributed by atoms with Gasteiger partial charge in [-0.1, -0.05) is 0 Å². The molecule has 0 saturated heterocycles. The van der Waals surface area contributed by atoms with Crippen LogP contribution in [-0.2, 0) is 9.53 Å².